The average molecular weight is 449 g/mol. The highest BCUT2D eigenvalue weighted by atomic mass is 32.1. The van der Waals surface area contributed by atoms with E-state index in [4.69, 9.17) is 17.0 Å². The summed E-state index contributed by atoms with van der Waals surface area (Å²) >= 11 is 5.80. The molecule has 3 heterocycles. The van der Waals surface area contributed by atoms with Crippen molar-refractivity contribution < 1.29 is 4.74 Å². The standard InChI is InChI=1S/C26H32N4OS/c1-17-10-8-11-18(2)24(17)30-19(3)16-21(20(30)4)25-23(22-12-6-7-13-27-22)28-26(32)29(25)14-9-15-31-5/h6-8,10-13,16,23,25H,9,14-15H2,1-5H3,(H,28,32). The number of hydrogen-bond donors (Lipinski definition) is 1. The van der Waals surface area contributed by atoms with Gasteiger partial charge in [0, 0.05) is 37.8 Å². The molecule has 0 aliphatic carbocycles. The summed E-state index contributed by atoms with van der Waals surface area (Å²) in [5, 5.41) is 4.34. The molecule has 1 aliphatic heterocycles. The van der Waals surface area contributed by atoms with Gasteiger partial charge < -0.3 is 19.5 Å². The second kappa shape index (κ2) is 9.43. The minimum atomic E-state index is -0.00170. The van der Waals surface area contributed by atoms with Gasteiger partial charge in [0.1, 0.15) is 0 Å². The highest BCUT2D eigenvalue weighted by Gasteiger charge is 2.41. The Kier molecular flexibility index (Phi) is 6.63. The maximum atomic E-state index is 5.80. The molecule has 168 valence electrons. The predicted molar refractivity (Wildman–Crippen MR) is 133 cm³/mol. The van der Waals surface area contributed by atoms with E-state index < -0.39 is 0 Å². The van der Waals surface area contributed by atoms with Crippen molar-refractivity contribution in [1.29, 1.82) is 0 Å². The number of hydrogen-bond acceptors (Lipinski definition) is 3. The molecule has 1 aliphatic rings. The SMILES string of the molecule is COCCCN1C(=S)NC(c2ccccn2)C1c1cc(C)n(-c2c(C)cccc2C)c1C. The second-order valence-corrected chi connectivity index (χ2v) is 8.96. The highest BCUT2D eigenvalue weighted by Crippen LogP contribution is 2.41. The number of para-hydroxylation sites is 1. The maximum Gasteiger partial charge on any atom is 0.170 e. The number of nitrogens with one attached hydrogen (secondary N) is 1. The molecule has 1 aromatic carbocycles. The second-order valence-electron chi connectivity index (χ2n) is 8.57. The van der Waals surface area contributed by atoms with Gasteiger partial charge >= 0.3 is 0 Å². The number of methoxy groups -OCH3 is 1. The van der Waals surface area contributed by atoms with Crippen molar-refractivity contribution in [1.82, 2.24) is 19.8 Å². The van der Waals surface area contributed by atoms with Gasteiger partial charge in [-0.2, -0.15) is 0 Å². The van der Waals surface area contributed by atoms with Crippen LogP contribution in [0.1, 0.15) is 52.3 Å². The molecule has 0 saturated carbocycles. The molecule has 4 rings (SSSR count). The van der Waals surface area contributed by atoms with Crippen molar-refractivity contribution in [2.75, 3.05) is 20.3 Å². The lowest BCUT2D eigenvalue weighted by Gasteiger charge is -2.28. The lowest BCUT2D eigenvalue weighted by Crippen LogP contribution is -2.31. The van der Waals surface area contributed by atoms with Gasteiger partial charge in [-0.25, -0.2) is 0 Å². The molecule has 0 amide bonds. The van der Waals surface area contributed by atoms with Crippen LogP contribution in [0.25, 0.3) is 5.69 Å². The first kappa shape index (κ1) is 22.5. The number of aromatic nitrogens is 2. The summed E-state index contributed by atoms with van der Waals surface area (Å²) in [7, 11) is 1.74. The Bertz CT molecular complexity index is 1090. The number of thiocarbonyl (C=S) groups is 1. The maximum absolute atomic E-state index is 5.80. The predicted octanol–water partition coefficient (Wildman–Crippen LogP) is 5.11. The van der Waals surface area contributed by atoms with E-state index in [1.165, 1.54) is 33.8 Å². The molecular formula is C26H32N4OS. The first-order valence-electron chi connectivity index (χ1n) is 11.2. The number of ether oxygens (including phenoxy) is 1. The fourth-order valence-corrected chi connectivity index (χ4v) is 5.29. The van der Waals surface area contributed by atoms with E-state index in [9.17, 15) is 0 Å². The molecule has 5 nitrogen and oxygen atoms in total. The third-order valence-electron chi connectivity index (χ3n) is 6.40. The Balaban J connectivity index is 1.83. The summed E-state index contributed by atoms with van der Waals surface area (Å²) in [4.78, 5) is 6.98. The molecule has 1 saturated heterocycles. The van der Waals surface area contributed by atoms with Crippen molar-refractivity contribution in [2.24, 2.45) is 0 Å². The molecular weight excluding hydrogens is 416 g/mol. The van der Waals surface area contributed by atoms with Crippen molar-refractivity contribution in [3.8, 4) is 5.69 Å². The van der Waals surface area contributed by atoms with Crippen LogP contribution in [0.4, 0.5) is 0 Å². The summed E-state index contributed by atoms with van der Waals surface area (Å²) in [5.74, 6) is 0. The number of benzene rings is 1. The van der Waals surface area contributed by atoms with Gasteiger partial charge in [0.25, 0.3) is 0 Å². The van der Waals surface area contributed by atoms with Gasteiger partial charge in [-0.15, -0.1) is 0 Å². The van der Waals surface area contributed by atoms with Crippen LogP contribution in [0.5, 0.6) is 0 Å². The smallest absolute Gasteiger partial charge is 0.170 e. The monoisotopic (exact) mass is 448 g/mol. The summed E-state index contributed by atoms with van der Waals surface area (Å²) in [6.07, 6.45) is 2.77. The molecule has 6 heteroatoms. The minimum absolute atomic E-state index is 0.00170. The Morgan fingerprint density at radius 3 is 2.47 bits per heavy atom. The van der Waals surface area contributed by atoms with Crippen LogP contribution in [0.2, 0.25) is 0 Å². The molecule has 2 aromatic heterocycles. The quantitative estimate of drug-likeness (QED) is 0.402. The number of aryl methyl sites for hydroxylation is 3. The largest absolute Gasteiger partial charge is 0.385 e. The van der Waals surface area contributed by atoms with Crippen LogP contribution in [-0.4, -0.2) is 39.8 Å². The fourth-order valence-electron chi connectivity index (χ4n) is 4.95. The van der Waals surface area contributed by atoms with Gasteiger partial charge in [-0.05, 0) is 81.2 Å². The van der Waals surface area contributed by atoms with Crippen LogP contribution in [0, 0.1) is 27.7 Å². The average Bonchev–Trinajstić information content (AvgIpc) is 3.25. The molecule has 2 atom stereocenters. The molecule has 3 aromatic rings. The first-order valence-corrected chi connectivity index (χ1v) is 11.6. The van der Waals surface area contributed by atoms with Gasteiger partial charge in [-0.1, -0.05) is 24.3 Å². The van der Waals surface area contributed by atoms with Crippen molar-refractivity contribution in [3.05, 3.63) is 82.4 Å². The van der Waals surface area contributed by atoms with E-state index in [0.717, 1.165) is 23.8 Å². The van der Waals surface area contributed by atoms with E-state index in [-0.39, 0.29) is 12.1 Å². The number of pyridine rings is 1. The topological polar surface area (TPSA) is 42.3 Å². The summed E-state index contributed by atoms with van der Waals surface area (Å²) in [5.41, 5.74) is 8.57. The zero-order chi connectivity index (χ0) is 22.8. The third-order valence-corrected chi connectivity index (χ3v) is 6.75. The molecule has 1 fully saturated rings. The van der Waals surface area contributed by atoms with Gasteiger partial charge in [0.05, 0.1) is 23.5 Å². The van der Waals surface area contributed by atoms with E-state index in [2.05, 4.69) is 77.8 Å². The van der Waals surface area contributed by atoms with E-state index >= 15 is 0 Å². The minimum Gasteiger partial charge on any atom is -0.385 e. The van der Waals surface area contributed by atoms with Crippen LogP contribution >= 0.6 is 12.2 Å². The molecule has 0 bridgehead atoms. The van der Waals surface area contributed by atoms with Crippen molar-refractivity contribution in [2.45, 2.75) is 46.2 Å². The van der Waals surface area contributed by atoms with Crippen molar-refractivity contribution in [3.63, 3.8) is 0 Å². The molecule has 2 unspecified atom stereocenters. The Morgan fingerprint density at radius 2 is 1.81 bits per heavy atom. The Hall–Kier alpha value is -2.70. The summed E-state index contributed by atoms with van der Waals surface area (Å²) in [6, 6.07) is 14.9. The fraction of sp³-hybridized carbons (Fsp3) is 0.385. The zero-order valence-electron chi connectivity index (χ0n) is 19.6. The molecule has 32 heavy (non-hydrogen) atoms. The van der Waals surface area contributed by atoms with Crippen LogP contribution in [-0.2, 0) is 4.74 Å². The summed E-state index contributed by atoms with van der Waals surface area (Å²) in [6.45, 7) is 10.3. The van der Waals surface area contributed by atoms with E-state index in [1.54, 1.807) is 7.11 Å². The Labute approximate surface area is 196 Å². The highest BCUT2D eigenvalue weighted by molar-refractivity contribution is 7.80. The number of rotatable bonds is 7. The first-order chi connectivity index (χ1) is 15.4. The van der Waals surface area contributed by atoms with Gasteiger partial charge in [0.2, 0.25) is 0 Å². The lowest BCUT2D eigenvalue weighted by molar-refractivity contribution is 0.180. The van der Waals surface area contributed by atoms with Gasteiger partial charge in [0.15, 0.2) is 5.11 Å². The normalized spacial score (nSPS) is 18.3. The summed E-state index contributed by atoms with van der Waals surface area (Å²) < 4.78 is 7.71. The van der Waals surface area contributed by atoms with Crippen molar-refractivity contribution >= 4 is 17.3 Å². The third kappa shape index (κ3) is 4.05. The van der Waals surface area contributed by atoms with Crippen LogP contribution in [0.3, 0.4) is 0 Å². The molecule has 1 N–H and O–H groups in total. The molecule has 0 spiro atoms. The lowest BCUT2D eigenvalue weighted by atomic mass is 9.96. The van der Waals surface area contributed by atoms with E-state index in [1.807, 2.05) is 18.3 Å². The number of nitrogens with zero attached hydrogens (tertiary/aromatic N) is 3. The van der Waals surface area contributed by atoms with Crippen LogP contribution in [0.15, 0.2) is 48.7 Å². The van der Waals surface area contributed by atoms with Gasteiger partial charge in [-0.3, -0.25) is 4.98 Å². The Morgan fingerprint density at radius 1 is 1.06 bits per heavy atom. The van der Waals surface area contributed by atoms with Crippen LogP contribution < -0.4 is 5.32 Å². The zero-order valence-corrected chi connectivity index (χ0v) is 20.4. The van der Waals surface area contributed by atoms with E-state index in [0.29, 0.717) is 6.61 Å². The molecule has 0 radical (unpaired) electrons.